The van der Waals surface area contributed by atoms with Gasteiger partial charge in [-0.05, 0) is 31.4 Å². The molecule has 1 aliphatic carbocycles. The smallest absolute Gasteiger partial charge is 0.138 e. The maximum Gasteiger partial charge on any atom is 0.138 e. The first-order valence-corrected chi connectivity index (χ1v) is 6.32. The molecular weight excluding hydrogens is 222 g/mol. The van der Waals surface area contributed by atoms with Gasteiger partial charge in [-0.1, -0.05) is 36.6 Å². The lowest BCUT2D eigenvalue weighted by Crippen LogP contribution is -2.37. The first-order valence-electron chi connectivity index (χ1n) is 5.94. The lowest BCUT2D eigenvalue weighted by molar-refractivity contribution is 0.163. The maximum atomic E-state index is 6.11. The molecule has 2 nitrogen and oxygen atoms in total. The predicted octanol–water partition coefficient (Wildman–Crippen LogP) is 3.38. The first kappa shape index (κ1) is 11.7. The standard InChI is InChI=1S/C13H18ClNO/c14-10-6-4-5-8-12(10)16-13-9-3-1-2-7-11(13)15/h4-6,8,11,13H,1-3,7,9,15H2. The topological polar surface area (TPSA) is 35.2 Å². The SMILES string of the molecule is NC1CCCCCC1Oc1ccccc1Cl. The third-order valence-electron chi connectivity index (χ3n) is 3.12. The molecule has 0 aliphatic heterocycles. The molecule has 0 saturated heterocycles. The quantitative estimate of drug-likeness (QED) is 0.803. The summed E-state index contributed by atoms with van der Waals surface area (Å²) < 4.78 is 5.92. The lowest BCUT2D eigenvalue weighted by Gasteiger charge is -2.23. The summed E-state index contributed by atoms with van der Waals surface area (Å²) in [7, 11) is 0. The molecule has 1 aromatic carbocycles. The van der Waals surface area contributed by atoms with Crippen LogP contribution in [0.3, 0.4) is 0 Å². The maximum absolute atomic E-state index is 6.11. The molecule has 0 radical (unpaired) electrons. The fourth-order valence-electron chi connectivity index (χ4n) is 2.15. The van der Waals surface area contributed by atoms with E-state index >= 15 is 0 Å². The molecule has 2 atom stereocenters. The van der Waals surface area contributed by atoms with E-state index in [0.717, 1.165) is 18.6 Å². The van der Waals surface area contributed by atoms with E-state index in [4.69, 9.17) is 22.1 Å². The molecule has 2 unspecified atom stereocenters. The van der Waals surface area contributed by atoms with Crippen LogP contribution in [0.1, 0.15) is 32.1 Å². The Balaban J connectivity index is 2.05. The first-order chi connectivity index (χ1) is 7.77. The highest BCUT2D eigenvalue weighted by atomic mass is 35.5. The van der Waals surface area contributed by atoms with Crippen LogP contribution in [0.2, 0.25) is 5.02 Å². The summed E-state index contributed by atoms with van der Waals surface area (Å²) in [5, 5.41) is 0.666. The molecule has 16 heavy (non-hydrogen) atoms. The zero-order valence-corrected chi connectivity index (χ0v) is 10.1. The minimum atomic E-state index is 0.113. The number of rotatable bonds is 2. The highest BCUT2D eigenvalue weighted by Crippen LogP contribution is 2.27. The van der Waals surface area contributed by atoms with E-state index in [0.29, 0.717) is 5.02 Å². The van der Waals surface area contributed by atoms with Gasteiger partial charge in [-0.15, -0.1) is 0 Å². The zero-order valence-electron chi connectivity index (χ0n) is 9.36. The van der Waals surface area contributed by atoms with Crippen LogP contribution >= 0.6 is 11.6 Å². The van der Waals surface area contributed by atoms with E-state index in [1.807, 2.05) is 24.3 Å². The molecule has 1 fully saturated rings. The highest BCUT2D eigenvalue weighted by molar-refractivity contribution is 6.32. The second-order valence-corrected chi connectivity index (χ2v) is 4.80. The van der Waals surface area contributed by atoms with Gasteiger partial charge in [0.15, 0.2) is 0 Å². The molecule has 1 saturated carbocycles. The molecule has 3 heteroatoms. The van der Waals surface area contributed by atoms with Crippen LogP contribution in [0, 0.1) is 0 Å². The van der Waals surface area contributed by atoms with E-state index in [-0.39, 0.29) is 12.1 Å². The Hall–Kier alpha value is -0.730. The number of para-hydroxylation sites is 1. The number of hydrogen-bond donors (Lipinski definition) is 1. The van der Waals surface area contributed by atoms with E-state index in [1.165, 1.54) is 19.3 Å². The summed E-state index contributed by atoms with van der Waals surface area (Å²) in [5.74, 6) is 0.756. The molecule has 1 aliphatic rings. The highest BCUT2D eigenvalue weighted by Gasteiger charge is 2.22. The third-order valence-corrected chi connectivity index (χ3v) is 3.43. The van der Waals surface area contributed by atoms with Crippen LogP contribution in [-0.4, -0.2) is 12.1 Å². The van der Waals surface area contributed by atoms with Crippen LogP contribution < -0.4 is 10.5 Å². The van der Waals surface area contributed by atoms with Crippen LogP contribution in [-0.2, 0) is 0 Å². The molecule has 0 amide bonds. The second kappa shape index (κ2) is 5.55. The van der Waals surface area contributed by atoms with E-state index in [2.05, 4.69) is 0 Å². The normalized spacial score (nSPS) is 26.1. The van der Waals surface area contributed by atoms with Gasteiger partial charge in [0, 0.05) is 6.04 Å². The number of ether oxygens (including phenoxy) is 1. The summed E-state index contributed by atoms with van der Waals surface area (Å²) in [4.78, 5) is 0. The summed E-state index contributed by atoms with van der Waals surface area (Å²) in [5.41, 5.74) is 6.11. The molecular formula is C13H18ClNO. The lowest BCUT2D eigenvalue weighted by atomic mass is 10.1. The van der Waals surface area contributed by atoms with Crippen molar-refractivity contribution >= 4 is 11.6 Å². The predicted molar refractivity (Wildman–Crippen MR) is 66.9 cm³/mol. The Bertz CT molecular complexity index is 342. The van der Waals surface area contributed by atoms with E-state index in [9.17, 15) is 0 Å². The largest absolute Gasteiger partial charge is 0.487 e. The number of hydrogen-bond acceptors (Lipinski definition) is 2. The second-order valence-electron chi connectivity index (χ2n) is 4.39. The number of benzene rings is 1. The van der Waals surface area contributed by atoms with Crippen LogP contribution in [0.4, 0.5) is 0 Å². The molecule has 0 spiro atoms. The van der Waals surface area contributed by atoms with Crippen molar-refractivity contribution in [3.05, 3.63) is 29.3 Å². The average molecular weight is 240 g/mol. The van der Waals surface area contributed by atoms with Gasteiger partial charge in [0.1, 0.15) is 11.9 Å². The number of nitrogens with two attached hydrogens (primary N) is 1. The minimum absolute atomic E-state index is 0.113. The van der Waals surface area contributed by atoms with Crippen molar-refractivity contribution in [1.82, 2.24) is 0 Å². The van der Waals surface area contributed by atoms with Crippen molar-refractivity contribution in [3.8, 4) is 5.75 Å². The summed E-state index contributed by atoms with van der Waals surface area (Å²) >= 11 is 6.07. The molecule has 0 aromatic heterocycles. The minimum Gasteiger partial charge on any atom is -0.487 e. The Kier molecular flexibility index (Phi) is 4.08. The van der Waals surface area contributed by atoms with Gasteiger partial charge in [-0.3, -0.25) is 0 Å². The van der Waals surface area contributed by atoms with Crippen molar-refractivity contribution in [2.45, 2.75) is 44.2 Å². The van der Waals surface area contributed by atoms with Crippen molar-refractivity contribution in [1.29, 1.82) is 0 Å². The summed E-state index contributed by atoms with van der Waals surface area (Å²) in [6.45, 7) is 0. The van der Waals surface area contributed by atoms with Crippen LogP contribution in [0.15, 0.2) is 24.3 Å². The van der Waals surface area contributed by atoms with Gasteiger partial charge in [0.2, 0.25) is 0 Å². The molecule has 0 heterocycles. The molecule has 88 valence electrons. The van der Waals surface area contributed by atoms with Gasteiger partial charge in [-0.2, -0.15) is 0 Å². The average Bonchev–Trinajstić information content (AvgIpc) is 2.48. The molecule has 1 aromatic rings. The molecule has 2 rings (SSSR count). The Morgan fingerprint density at radius 2 is 1.88 bits per heavy atom. The van der Waals surface area contributed by atoms with Gasteiger partial charge in [0.25, 0.3) is 0 Å². The van der Waals surface area contributed by atoms with Crippen LogP contribution in [0.25, 0.3) is 0 Å². The van der Waals surface area contributed by atoms with E-state index < -0.39 is 0 Å². The van der Waals surface area contributed by atoms with Crippen molar-refractivity contribution < 1.29 is 4.74 Å². The zero-order chi connectivity index (χ0) is 11.4. The molecule has 2 N–H and O–H groups in total. The Morgan fingerprint density at radius 3 is 2.69 bits per heavy atom. The monoisotopic (exact) mass is 239 g/mol. The van der Waals surface area contributed by atoms with Crippen molar-refractivity contribution in [2.24, 2.45) is 5.73 Å². The Morgan fingerprint density at radius 1 is 1.12 bits per heavy atom. The molecule has 0 bridgehead atoms. The van der Waals surface area contributed by atoms with Gasteiger partial charge in [-0.25, -0.2) is 0 Å². The van der Waals surface area contributed by atoms with Gasteiger partial charge < -0.3 is 10.5 Å². The summed E-state index contributed by atoms with van der Waals surface area (Å²) in [6, 6.07) is 7.73. The van der Waals surface area contributed by atoms with Gasteiger partial charge in [0.05, 0.1) is 5.02 Å². The fraction of sp³-hybridized carbons (Fsp3) is 0.538. The van der Waals surface area contributed by atoms with Crippen molar-refractivity contribution in [3.63, 3.8) is 0 Å². The number of halogens is 1. The summed E-state index contributed by atoms with van der Waals surface area (Å²) in [6.07, 6.45) is 5.87. The van der Waals surface area contributed by atoms with Crippen molar-refractivity contribution in [2.75, 3.05) is 0 Å². The van der Waals surface area contributed by atoms with Gasteiger partial charge >= 0.3 is 0 Å². The van der Waals surface area contributed by atoms with E-state index in [1.54, 1.807) is 0 Å². The fourth-order valence-corrected chi connectivity index (χ4v) is 2.33. The van der Waals surface area contributed by atoms with Crippen LogP contribution in [0.5, 0.6) is 5.75 Å². The third kappa shape index (κ3) is 2.89. The Labute approximate surface area is 102 Å².